The van der Waals surface area contributed by atoms with Gasteiger partial charge in [-0.15, -0.1) is 0 Å². The topological polar surface area (TPSA) is 37.3 Å². The summed E-state index contributed by atoms with van der Waals surface area (Å²) in [4.78, 5) is 10.4. The summed E-state index contributed by atoms with van der Waals surface area (Å²) in [6.07, 6.45) is 0.949. The van der Waals surface area contributed by atoms with Crippen molar-refractivity contribution < 1.29 is 14.3 Å². The predicted molar refractivity (Wildman–Crippen MR) is 52.1 cm³/mol. The molecular formula is C11H13FO2. The van der Waals surface area contributed by atoms with Gasteiger partial charge in [-0.2, -0.15) is 0 Å². The highest BCUT2D eigenvalue weighted by atomic mass is 19.1. The van der Waals surface area contributed by atoms with Gasteiger partial charge < -0.3 is 5.11 Å². The number of carboxylic acids is 1. The SMILES string of the molecule is O=C(O)CCc1ccccc1CCF. The van der Waals surface area contributed by atoms with E-state index in [0.29, 0.717) is 12.8 Å². The average Bonchev–Trinajstić information content (AvgIpc) is 2.17. The minimum absolute atomic E-state index is 0.100. The summed E-state index contributed by atoms with van der Waals surface area (Å²) >= 11 is 0. The van der Waals surface area contributed by atoms with Crippen LogP contribution in [0.4, 0.5) is 4.39 Å². The van der Waals surface area contributed by atoms with E-state index in [1.165, 1.54) is 0 Å². The molecule has 0 aliphatic rings. The van der Waals surface area contributed by atoms with Crippen LogP contribution in [0, 0.1) is 0 Å². The van der Waals surface area contributed by atoms with Gasteiger partial charge >= 0.3 is 5.97 Å². The van der Waals surface area contributed by atoms with Crippen LogP contribution in [0.1, 0.15) is 17.5 Å². The Balaban J connectivity index is 2.68. The van der Waals surface area contributed by atoms with Crippen molar-refractivity contribution in [3.05, 3.63) is 35.4 Å². The van der Waals surface area contributed by atoms with E-state index in [4.69, 9.17) is 5.11 Å². The lowest BCUT2D eigenvalue weighted by Crippen LogP contribution is -2.01. The molecule has 1 aromatic carbocycles. The predicted octanol–water partition coefficient (Wildman–Crippen LogP) is 2.22. The van der Waals surface area contributed by atoms with Gasteiger partial charge in [0.2, 0.25) is 0 Å². The molecule has 0 aliphatic carbocycles. The van der Waals surface area contributed by atoms with Gasteiger partial charge in [-0.25, -0.2) is 0 Å². The second-order valence-corrected chi connectivity index (χ2v) is 3.10. The van der Waals surface area contributed by atoms with E-state index in [1.54, 1.807) is 0 Å². The van der Waals surface area contributed by atoms with Crippen LogP contribution in [0.25, 0.3) is 0 Å². The number of aryl methyl sites for hydroxylation is 2. The second-order valence-electron chi connectivity index (χ2n) is 3.10. The molecule has 14 heavy (non-hydrogen) atoms. The van der Waals surface area contributed by atoms with Crippen LogP contribution >= 0.6 is 0 Å². The van der Waals surface area contributed by atoms with E-state index in [-0.39, 0.29) is 6.42 Å². The molecule has 0 aliphatic heterocycles. The van der Waals surface area contributed by atoms with Crippen LogP contribution in [-0.4, -0.2) is 17.8 Å². The fourth-order valence-corrected chi connectivity index (χ4v) is 1.39. The number of hydrogen-bond acceptors (Lipinski definition) is 1. The summed E-state index contributed by atoms with van der Waals surface area (Å²) in [6, 6.07) is 7.39. The third kappa shape index (κ3) is 3.17. The third-order valence-corrected chi connectivity index (χ3v) is 2.09. The Morgan fingerprint density at radius 3 is 2.29 bits per heavy atom. The maximum Gasteiger partial charge on any atom is 0.303 e. The molecule has 0 saturated heterocycles. The smallest absolute Gasteiger partial charge is 0.303 e. The number of benzene rings is 1. The van der Waals surface area contributed by atoms with Gasteiger partial charge in [-0.05, 0) is 17.5 Å². The minimum Gasteiger partial charge on any atom is -0.481 e. The molecule has 0 aromatic heterocycles. The first-order valence-electron chi connectivity index (χ1n) is 4.58. The number of halogens is 1. The standard InChI is InChI=1S/C11H13FO2/c12-8-7-10-4-2-1-3-9(10)5-6-11(13)14/h1-4H,5-8H2,(H,13,14). The molecule has 2 nitrogen and oxygen atoms in total. The van der Waals surface area contributed by atoms with E-state index in [2.05, 4.69) is 0 Å². The molecule has 1 N–H and O–H groups in total. The van der Waals surface area contributed by atoms with Crippen molar-refractivity contribution in [1.82, 2.24) is 0 Å². The van der Waals surface area contributed by atoms with Crippen LogP contribution in [0.3, 0.4) is 0 Å². The van der Waals surface area contributed by atoms with Gasteiger partial charge in [0.05, 0.1) is 6.67 Å². The average molecular weight is 196 g/mol. The van der Waals surface area contributed by atoms with Crippen LogP contribution in [0.5, 0.6) is 0 Å². The van der Waals surface area contributed by atoms with Gasteiger partial charge in [-0.1, -0.05) is 24.3 Å². The zero-order valence-corrected chi connectivity index (χ0v) is 7.87. The summed E-state index contributed by atoms with van der Waals surface area (Å²) < 4.78 is 12.1. The normalized spacial score (nSPS) is 10.1. The number of carboxylic acid groups (broad SMARTS) is 1. The van der Waals surface area contributed by atoms with Crippen molar-refractivity contribution in [2.24, 2.45) is 0 Å². The lowest BCUT2D eigenvalue weighted by Gasteiger charge is -2.05. The Kier molecular flexibility index (Phi) is 4.11. The minimum atomic E-state index is -0.819. The van der Waals surface area contributed by atoms with Gasteiger partial charge in [-0.3, -0.25) is 9.18 Å². The maximum atomic E-state index is 12.1. The van der Waals surface area contributed by atoms with Crippen molar-refractivity contribution in [3.63, 3.8) is 0 Å². The molecule has 0 unspecified atom stereocenters. The monoisotopic (exact) mass is 196 g/mol. The van der Waals surface area contributed by atoms with E-state index >= 15 is 0 Å². The van der Waals surface area contributed by atoms with E-state index < -0.39 is 12.6 Å². The van der Waals surface area contributed by atoms with Crippen molar-refractivity contribution in [2.75, 3.05) is 6.67 Å². The zero-order chi connectivity index (χ0) is 10.4. The Bertz CT molecular complexity index is 310. The molecule has 0 radical (unpaired) electrons. The molecule has 0 atom stereocenters. The number of rotatable bonds is 5. The number of hydrogen-bond donors (Lipinski definition) is 1. The molecule has 0 fully saturated rings. The molecule has 0 bridgehead atoms. The molecule has 0 amide bonds. The molecule has 0 heterocycles. The number of alkyl halides is 1. The van der Waals surface area contributed by atoms with Gasteiger partial charge in [0.25, 0.3) is 0 Å². The highest BCUT2D eigenvalue weighted by Crippen LogP contribution is 2.11. The van der Waals surface area contributed by atoms with Crippen LogP contribution in [-0.2, 0) is 17.6 Å². The summed E-state index contributed by atoms with van der Waals surface area (Å²) in [5.41, 5.74) is 1.85. The molecule has 0 saturated carbocycles. The first-order valence-corrected chi connectivity index (χ1v) is 4.58. The van der Waals surface area contributed by atoms with Crippen molar-refractivity contribution in [3.8, 4) is 0 Å². The maximum absolute atomic E-state index is 12.1. The van der Waals surface area contributed by atoms with Crippen molar-refractivity contribution >= 4 is 5.97 Å². The molecule has 3 heteroatoms. The Morgan fingerprint density at radius 1 is 1.21 bits per heavy atom. The summed E-state index contributed by atoms with van der Waals surface area (Å²) in [5.74, 6) is -0.819. The lowest BCUT2D eigenvalue weighted by molar-refractivity contribution is -0.136. The molecule has 76 valence electrons. The van der Waals surface area contributed by atoms with Gasteiger partial charge in [0.15, 0.2) is 0 Å². The van der Waals surface area contributed by atoms with Crippen LogP contribution in [0.15, 0.2) is 24.3 Å². The Labute approximate surface area is 82.4 Å². The zero-order valence-electron chi connectivity index (χ0n) is 7.87. The van der Waals surface area contributed by atoms with Crippen molar-refractivity contribution in [1.29, 1.82) is 0 Å². The van der Waals surface area contributed by atoms with Gasteiger partial charge in [0, 0.05) is 12.8 Å². The quantitative estimate of drug-likeness (QED) is 0.784. The van der Waals surface area contributed by atoms with Crippen molar-refractivity contribution in [2.45, 2.75) is 19.3 Å². The lowest BCUT2D eigenvalue weighted by atomic mass is 10.0. The van der Waals surface area contributed by atoms with Crippen LogP contribution < -0.4 is 0 Å². The number of aliphatic carboxylic acids is 1. The summed E-state index contributed by atoms with van der Waals surface area (Å²) in [5, 5.41) is 8.52. The Morgan fingerprint density at radius 2 is 1.79 bits per heavy atom. The Hall–Kier alpha value is -1.38. The van der Waals surface area contributed by atoms with E-state index in [9.17, 15) is 9.18 Å². The number of carbonyl (C=O) groups is 1. The van der Waals surface area contributed by atoms with E-state index in [1.807, 2.05) is 24.3 Å². The fourth-order valence-electron chi connectivity index (χ4n) is 1.39. The largest absolute Gasteiger partial charge is 0.481 e. The molecular weight excluding hydrogens is 183 g/mol. The molecule has 1 rings (SSSR count). The van der Waals surface area contributed by atoms with Gasteiger partial charge in [0.1, 0.15) is 0 Å². The summed E-state index contributed by atoms with van der Waals surface area (Å²) in [6.45, 7) is -0.399. The highest BCUT2D eigenvalue weighted by Gasteiger charge is 2.03. The first-order chi connectivity index (χ1) is 6.74. The summed E-state index contributed by atoms with van der Waals surface area (Å²) in [7, 11) is 0. The first kappa shape index (κ1) is 10.7. The molecule has 1 aromatic rings. The van der Waals surface area contributed by atoms with E-state index in [0.717, 1.165) is 11.1 Å². The second kappa shape index (κ2) is 5.37. The molecule has 0 spiro atoms. The fraction of sp³-hybridized carbons (Fsp3) is 0.364. The highest BCUT2D eigenvalue weighted by molar-refractivity contribution is 5.67. The third-order valence-electron chi connectivity index (χ3n) is 2.09. The van der Waals surface area contributed by atoms with Crippen LogP contribution in [0.2, 0.25) is 0 Å².